The van der Waals surface area contributed by atoms with Crippen molar-refractivity contribution >= 4 is 17.6 Å². The van der Waals surface area contributed by atoms with E-state index in [9.17, 15) is 9.59 Å². The summed E-state index contributed by atoms with van der Waals surface area (Å²) in [7, 11) is 0. The highest BCUT2D eigenvalue weighted by Crippen LogP contribution is 2.20. The number of hydrogen-bond donors (Lipinski definition) is 1. The molecule has 0 bridgehead atoms. The van der Waals surface area contributed by atoms with Crippen LogP contribution < -0.4 is 5.32 Å². The van der Waals surface area contributed by atoms with E-state index in [4.69, 9.17) is 4.74 Å². The van der Waals surface area contributed by atoms with Crippen molar-refractivity contribution in [1.29, 1.82) is 0 Å². The first-order valence-electron chi connectivity index (χ1n) is 8.94. The van der Waals surface area contributed by atoms with Crippen molar-refractivity contribution in [3.8, 4) is 5.69 Å². The van der Waals surface area contributed by atoms with E-state index in [-0.39, 0.29) is 5.69 Å². The fraction of sp³-hybridized carbons (Fsp3) is 0.238. The van der Waals surface area contributed by atoms with E-state index in [1.807, 2.05) is 62.4 Å². The molecule has 0 radical (unpaired) electrons. The summed E-state index contributed by atoms with van der Waals surface area (Å²) >= 11 is 0. The zero-order valence-electron chi connectivity index (χ0n) is 16.3. The standard InChI is InChI=1S/C21H22N4O3/c1-13-9-8-10-14(2)18(13)22-20(26)16(4)28-21(27)19-15(3)23-25(24-19)17-11-6-5-7-12-17/h5-12,16H,1-4H3,(H,22,26)/t16-/m0/s1. The lowest BCUT2D eigenvalue weighted by atomic mass is 10.1. The number of carbonyl (C=O) groups excluding carboxylic acids is 2. The Labute approximate surface area is 163 Å². The van der Waals surface area contributed by atoms with Crippen LogP contribution in [0.4, 0.5) is 5.69 Å². The van der Waals surface area contributed by atoms with Crippen molar-refractivity contribution in [3.05, 3.63) is 71.0 Å². The molecule has 0 saturated carbocycles. The molecule has 2 aromatic carbocycles. The Morgan fingerprint density at radius 3 is 2.25 bits per heavy atom. The zero-order chi connectivity index (χ0) is 20.3. The molecular formula is C21H22N4O3. The van der Waals surface area contributed by atoms with Crippen LogP contribution in [0.15, 0.2) is 48.5 Å². The average molecular weight is 378 g/mol. The Bertz CT molecular complexity index is 991. The minimum Gasteiger partial charge on any atom is -0.448 e. The number of amides is 1. The Balaban J connectivity index is 1.71. The van der Waals surface area contributed by atoms with Crippen LogP contribution in [0.3, 0.4) is 0 Å². The summed E-state index contributed by atoms with van der Waals surface area (Å²) < 4.78 is 5.31. The number of aromatic nitrogens is 3. The zero-order valence-corrected chi connectivity index (χ0v) is 16.3. The number of nitrogens with zero attached hydrogens (tertiary/aromatic N) is 3. The highest BCUT2D eigenvalue weighted by Gasteiger charge is 2.24. The van der Waals surface area contributed by atoms with Crippen LogP contribution in [0.1, 0.15) is 34.2 Å². The van der Waals surface area contributed by atoms with Gasteiger partial charge in [0.1, 0.15) is 0 Å². The normalized spacial score (nSPS) is 11.7. The second kappa shape index (κ2) is 8.04. The van der Waals surface area contributed by atoms with Crippen LogP contribution >= 0.6 is 0 Å². The Hall–Kier alpha value is -3.48. The van der Waals surface area contributed by atoms with Gasteiger partial charge in [0.25, 0.3) is 5.91 Å². The van der Waals surface area contributed by atoms with Crippen molar-refractivity contribution in [3.63, 3.8) is 0 Å². The van der Waals surface area contributed by atoms with E-state index < -0.39 is 18.0 Å². The molecule has 0 saturated heterocycles. The lowest BCUT2D eigenvalue weighted by Crippen LogP contribution is -2.30. The summed E-state index contributed by atoms with van der Waals surface area (Å²) in [5.41, 5.74) is 3.83. The summed E-state index contributed by atoms with van der Waals surface area (Å²) in [6, 6.07) is 15.0. The maximum atomic E-state index is 12.5. The van der Waals surface area contributed by atoms with E-state index in [0.717, 1.165) is 22.5 Å². The molecule has 0 aliphatic heterocycles. The van der Waals surface area contributed by atoms with Gasteiger partial charge in [0.15, 0.2) is 11.8 Å². The highest BCUT2D eigenvalue weighted by molar-refractivity contribution is 5.98. The van der Waals surface area contributed by atoms with Gasteiger partial charge in [0.2, 0.25) is 0 Å². The maximum Gasteiger partial charge on any atom is 0.361 e. The van der Waals surface area contributed by atoms with E-state index in [2.05, 4.69) is 15.5 Å². The fourth-order valence-electron chi connectivity index (χ4n) is 2.75. The number of aryl methyl sites for hydroxylation is 3. The molecule has 0 aliphatic rings. The SMILES string of the molecule is Cc1cccc(C)c1NC(=O)[C@H](C)OC(=O)c1nn(-c2ccccc2)nc1C. The molecule has 1 amide bonds. The van der Waals surface area contributed by atoms with Crippen LogP contribution in [0, 0.1) is 20.8 Å². The third-order valence-electron chi connectivity index (χ3n) is 4.34. The minimum absolute atomic E-state index is 0.0792. The Kier molecular flexibility index (Phi) is 5.54. The quantitative estimate of drug-likeness (QED) is 0.688. The van der Waals surface area contributed by atoms with Gasteiger partial charge in [0.05, 0.1) is 11.4 Å². The molecule has 7 nitrogen and oxygen atoms in total. The largest absolute Gasteiger partial charge is 0.448 e. The van der Waals surface area contributed by atoms with E-state index >= 15 is 0 Å². The Morgan fingerprint density at radius 2 is 1.61 bits per heavy atom. The topological polar surface area (TPSA) is 86.1 Å². The van der Waals surface area contributed by atoms with Crippen LogP contribution in [0.5, 0.6) is 0 Å². The minimum atomic E-state index is -0.979. The van der Waals surface area contributed by atoms with E-state index in [1.165, 1.54) is 11.7 Å². The summed E-state index contributed by atoms with van der Waals surface area (Å²) in [4.78, 5) is 26.3. The van der Waals surface area contributed by atoms with Crippen LogP contribution in [-0.4, -0.2) is 33.0 Å². The van der Waals surface area contributed by atoms with Gasteiger partial charge in [-0.25, -0.2) is 4.79 Å². The number of carbonyl (C=O) groups is 2. The number of para-hydroxylation sites is 2. The number of anilines is 1. The van der Waals surface area contributed by atoms with Crippen LogP contribution in [0.25, 0.3) is 5.69 Å². The molecule has 1 atom stereocenters. The smallest absolute Gasteiger partial charge is 0.361 e. The number of ether oxygens (including phenoxy) is 1. The maximum absolute atomic E-state index is 12.5. The number of benzene rings is 2. The number of hydrogen-bond acceptors (Lipinski definition) is 5. The molecule has 1 aromatic heterocycles. The van der Waals surface area contributed by atoms with Gasteiger partial charge in [-0.3, -0.25) is 4.79 Å². The molecule has 1 N–H and O–H groups in total. The molecule has 0 fully saturated rings. The van der Waals surface area contributed by atoms with Gasteiger partial charge in [-0.15, -0.1) is 5.10 Å². The summed E-state index contributed by atoms with van der Waals surface area (Å²) in [6.07, 6.45) is -0.979. The van der Waals surface area contributed by atoms with E-state index in [0.29, 0.717) is 5.69 Å². The van der Waals surface area contributed by atoms with Crippen LogP contribution in [0.2, 0.25) is 0 Å². The average Bonchev–Trinajstić information content (AvgIpc) is 3.07. The van der Waals surface area contributed by atoms with Crippen molar-refractivity contribution in [2.75, 3.05) is 5.32 Å². The lowest BCUT2D eigenvalue weighted by Gasteiger charge is -2.15. The van der Waals surface area contributed by atoms with Gasteiger partial charge in [-0.05, 0) is 51.0 Å². The predicted octanol–water partition coefficient (Wildman–Crippen LogP) is 3.38. The third-order valence-corrected chi connectivity index (χ3v) is 4.34. The summed E-state index contributed by atoms with van der Waals surface area (Å²) in [5, 5.41) is 11.3. The predicted molar refractivity (Wildman–Crippen MR) is 106 cm³/mol. The van der Waals surface area contributed by atoms with Gasteiger partial charge < -0.3 is 10.1 Å². The van der Waals surface area contributed by atoms with Gasteiger partial charge in [0, 0.05) is 5.69 Å². The second-order valence-corrected chi connectivity index (χ2v) is 6.56. The highest BCUT2D eigenvalue weighted by atomic mass is 16.5. The molecule has 1 heterocycles. The molecule has 28 heavy (non-hydrogen) atoms. The number of nitrogens with one attached hydrogen (secondary N) is 1. The monoisotopic (exact) mass is 378 g/mol. The molecule has 0 unspecified atom stereocenters. The summed E-state index contributed by atoms with van der Waals surface area (Å²) in [6.45, 7) is 7.01. The van der Waals surface area contributed by atoms with Crippen molar-refractivity contribution in [1.82, 2.24) is 15.0 Å². The molecule has 144 valence electrons. The lowest BCUT2D eigenvalue weighted by molar-refractivity contribution is -0.123. The van der Waals surface area contributed by atoms with Gasteiger partial charge in [-0.2, -0.15) is 9.90 Å². The fourth-order valence-corrected chi connectivity index (χ4v) is 2.75. The number of esters is 1. The van der Waals surface area contributed by atoms with E-state index in [1.54, 1.807) is 6.92 Å². The first kappa shape index (κ1) is 19.3. The summed E-state index contributed by atoms with van der Waals surface area (Å²) in [5.74, 6) is -1.09. The first-order chi connectivity index (χ1) is 13.4. The second-order valence-electron chi connectivity index (χ2n) is 6.56. The number of rotatable bonds is 5. The molecule has 0 aliphatic carbocycles. The van der Waals surface area contributed by atoms with Crippen molar-refractivity contribution < 1.29 is 14.3 Å². The van der Waals surface area contributed by atoms with Crippen molar-refractivity contribution in [2.24, 2.45) is 0 Å². The van der Waals surface area contributed by atoms with Crippen molar-refractivity contribution in [2.45, 2.75) is 33.8 Å². The van der Waals surface area contributed by atoms with Crippen LogP contribution in [-0.2, 0) is 9.53 Å². The third kappa shape index (κ3) is 4.09. The molecular weight excluding hydrogens is 356 g/mol. The molecule has 3 aromatic rings. The molecule has 7 heteroatoms. The molecule has 3 rings (SSSR count). The molecule has 0 spiro atoms. The van der Waals surface area contributed by atoms with Gasteiger partial charge in [-0.1, -0.05) is 36.4 Å². The Morgan fingerprint density at radius 1 is 0.964 bits per heavy atom. The first-order valence-corrected chi connectivity index (χ1v) is 8.94. The van der Waals surface area contributed by atoms with Gasteiger partial charge >= 0.3 is 5.97 Å².